The summed E-state index contributed by atoms with van der Waals surface area (Å²) >= 11 is 0. The van der Waals surface area contributed by atoms with Gasteiger partial charge in [0.15, 0.2) is 5.82 Å². The van der Waals surface area contributed by atoms with Crippen molar-refractivity contribution in [3.63, 3.8) is 0 Å². The fourth-order valence-electron chi connectivity index (χ4n) is 3.76. The van der Waals surface area contributed by atoms with Crippen molar-refractivity contribution in [2.24, 2.45) is 7.05 Å². The smallest absolute Gasteiger partial charge is 0.338 e. The minimum atomic E-state index is -0.226. The first-order valence-electron chi connectivity index (χ1n) is 9.86. The number of ether oxygens (including phenoxy) is 1. The SMILES string of the molecule is Cc1cc(-c2nc(CNCCc3ccc4c(c3C)COC4=O)cn2C)ncc1C#N. The zero-order valence-corrected chi connectivity index (χ0v) is 17.3. The molecule has 0 saturated carbocycles. The molecular formula is C23H23N5O2. The Labute approximate surface area is 175 Å². The third-order valence-electron chi connectivity index (χ3n) is 5.54. The van der Waals surface area contributed by atoms with Gasteiger partial charge in [0.25, 0.3) is 0 Å². The number of cyclic esters (lactones) is 1. The van der Waals surface area contributed by atoms with Crippen molar-refractivity contribution in [3.8, 4) is 17.6 Å². The maximum absolute atomic E-state index is 11.7. The van der Waals surface area contributed by atoms with Gasteiger partial charge in [-0.3, -0.25) is 4.98 Å². The normalized spacial score (nSPS) is 12.5. The van der Waals surface area contributed by atoms with Gasteiger partial charge < -0.3 is 14.6 Å². The van der Waals surface area contributed by atoms with Crippen LogP contribution in [0.1, 0.15) is 43.9 Å². The lowest BCUT2D eigenvalue weighted by atomic mass is 9.97. The monoisotopic (exact) mass is 401 g/mol. The Morgan fingerprint density at radius 1 is 1.33 bits per heavy atom. The van der Waals surface area contributed by atoms with E-state index in [4.69, 9.17) is 15.0 Å². The highest BCUT2D eigenvalue weighted by Crippen LogP contribution is 2.26. The lowest BCUT2D eigenvalue weighted by molar-refractivity contribution is 0.0535. The quantitative estimate of drug-likeness (QED) is 0.504. The van der Waals surface area contributed by atoms with Gasteiger partial charge >= 0.3 is 5.97 Å². The van der Waals surface area contributed by atoms with Crippen molar-refractivity contribution in [1.82, 2.24) is 19.9 Å². The van der Waals surface area contributed by atoms with Gasteiger partial charge in [0.05, 0.1) is 16.8 Å². The van der Waals surface area contributed by atoms with E-state index >= 15 is 0 Å². The van der Waals surface area contributed by atoms with Gasteiger partial charge in [0.1, 0.15) is 18.4 Å². The van der Waals surface area contributed by atoms with Crippen LogP contribution in [0.25, 0.3) is 11.5 Å². The molecule has 1 aliphatic heterocycles. The van der Waals surface area contributed by atoms with E-state index < -0.39 is 0 Å². The molecule has 7 heteroatoms. The van der Waals surface area contributed by atoms with Crippen LogP contribution in [-0.2, 0) is 31.4 Å². The number of carbonyl (C=O) groups excluding carboxylic acids is 1. The van der Waals surface area contributed by atoms with Gasteiger partial charge in [0, 0.05) is 31.5 Å². The van der Waals surface area contributed by atoms with Crippen molar-refractivity contribution in [2.75, 3.05) is 6.54 Å². The zero-order chi connectivity index (χ0) is 21.3. The molecule has 3 heterocycles. The van der Waals surface area contributed by atoms with E-state index in [1.165, 1.54) is 5.56 Å². The first kappa shape index (κ1) is 19.8. The molecule has 1 aromatic carbocycles. The predicted octanol–water partition coefficient (Wildman–Crippen LogP) is 2.97. The lowest BCUT2D eigenvalue weighted by Gasteiger charge is -2.09. The first-order chi connectivity index (χ1) is 14.5. The number of imidazole rings is 1. The third-order valence-corrected chi connectivity index (χ3v) is 5.54. The number of benzene rings is 1. The highest BCUT2D eigenvalue weighted by Gasteiger charge is 2.23. The van der Waals surface area contributed by atoms with Gasteiger partial charge in [-0.15, -0.1) is 0 Å². The molecule has 4 rings (SSSR count). The fourth-order valence-corrected chi connectivity index (χ4v) is 3.76. The molecule has 1 aliphatic rings. The number of nitrogens with zero attached hydrogens (tertiary/aromatic N) is 4. The molecule has 0 unspecified atom stereocenters. The molecule has 3 aromatic rings. The van der Waals surface area contributed by atoms with Gasteiger partial charge in [-0.05, 0) is 55.6 Å². The summed E-state index contributed by atoms with van der Waals surface area (Å²) in [4.78, 5) is 20.7. The van der Waals surface area contributed by atoms with Crippen LogP contribution in [0.15, 0.2) is 30.6 Å². The van der Waals surface area contributed by atoms with Crippen molar-refractivity contribution in [2.45, 2.75) is 33.4 Å². The maximum atomic E-state index is 11.7. The summed E-state index contributed by atoms with van der Waals surface area (Å²) in [6, 6.07) is 7.91. The largest absolute Gasteiger partial charge is 0.457 e. The van der Waals surface area contributed by atoms with Crippen LogP contribution in [0.5, 0.6) is 0 Å². The van der Waals surface area contributed by atoms with E-state index in [-0.39, 0.29) is 5.97 Å². The summed E-state index contributed by atoms with van der Waals surface area (Å²) in [6.45, 7) is 5.77. The van der Waals surface area contributed by atoms with Gasteiger partial charge in [-0.1, -0.05) is 6.07 Å². The van der Waals surface area contributed by atoms with Crippen molar-refractivity contribution >= 4 is 5.97 Å². The van der Waals surface area contributed by atoms with E-state index in [9.17, 15) is 4.79 Å². The predicted molar refractivity (Wildman–Crippen MR) is 112 cm³/mol. The summed E-state index contributed by atoms with van der Waals surface area (Å²) in [6.07, 6.45) is 4.44. The molecule has 0 bridgehead atoms. The molecule has 0 radical (unpaired) electrons. The highest BCUT2D eigenvalue weighted by atomic mass is 16.5. The number of pyridine rings is 1. The molecule has 1 N–H and O–H groups in total. The molecule has 152 valence electrons. The van der Waals surface area contributed by atoms with Crippen LogP contribution in [0.2, 0.25) is 0 Å². The van der Waals surface area contributed by atoms with Gasteiger partial charge in [0.2, 0.25) is 0 Å². The minimum Gasteiger partial charge on any atom is -0.457 e. The summed E-state index contributed by atoms with van der Waals surface area (Å²) in [5.41, 5.74) is 7.22. The molecule has 0 amide bonds. The Morgan fingerprint density at radius 2 is 2.17 bits per heavy atom. The molecule has 0 spiro atoms. The molecule has 0 saturated heterocycles. The topological polar surface area (TPSA) is 92.8 Å². The van der Waals surface area contributed by atoms with Crippen LogP contribution in [0.4, 0.5) is 0 Å². The average Bonchev–Trinajstić information content (AvgIpc) is 3.29. The minimum absolute atomic E-state index is 0.226. The van der Waals surface area contributed by atoms with E-state index in [2.05, 4.69) is 16.4 Å². The van der Waals surface area contributed by atoms with Gasteiger partial charge in [-0.2, -0.15) is 5.26 Å². The van der Waals surface area contributed by atoms with Crippen LogP contribution >= 0.6 is 0 Å². The van der Waals surface area contributed by atoms with Crippen LogP contribution in [0, 0.1) is 25.2 Å². The summed E-state index contributed by atoms with van der Waals surface area (Å²) in [5.74, 6) is 0.550. The number of rotatable bonds is 6. The molecule has 0 atom stereocenters. The van der Waals surface area contributed by atoms with E-state index in [0.717, 1.165) is 46.9 Å². The third kappa shape index (κ3) is 3.70. The number of esters is 1. The van der Waals surface area contributed by atoms with Crippen LogP contribution in [-0.4, -0.2) is 27.0 Å². The Kier molecular flexibility index (Phi) is 5.34. The average molecular weight is 401 g/mol. The molecule has 7 nitrogen and oxygen atoms in total. The van der Waals surface area contributed by atoms with Crippen LogP contribution in [0.3, 0.4) is 0 Å². The second-order valence-corrected chi connectivity index (χ2v) is 7.54. The summed E-state index contributed by atoms with van der Waals surface area (Å²) in [7, 11) is 1.94. The fraction of sp³-hybridized carbons (Fsp3) is 0.304. The van der Waals surface area contributed by atoms with Crippen molar-refractivity contribution < 1.29 is 9.53 Å². The number of nitriles is 1. The molecule has 2 aromatic heterocycles. The summed E-state index contributed by atoms with van der Waals surface area (Å²) < 4.78 is 7.08. The van der Waals surface area contributed by atoms with Crippen molar-refractivity contribution in [3.05, 3.63) is 69.7 Å². The molecular weight excluding hydrogens is 378 g/mol. The maximum Gasteiger partial charge on any atom is 0.338 e. The second kappa shape index (κ2) is 8.09. The Bertz CT molecular complexity index is 1170. The zero-order valence-electron chi connectivity index (χ0n) is 17.3. The van der Waals surface area contributed by atoms with Gasteiger partial charge in [-0.25, -0.2) is 9.78 Å². The standard InChI is InChI=1S/C23H23N5O2/c1-14-8-21(26-10-17(14)9-24)22-27-18(12-28(22)3)11-25-7-6-16-4-5-19-20(15(16)2)13-30-23(19)29/h4-5,8,10,12,25H,6-7,11,13H2,1-3H3. The lowest BCUT2D eigenvalue weighted by Crippen LogP contribution is -2.17. The van der Waals surface area contributed by atoms with E-state index in [0.29, 0.717) is 24.3 Å². The molecule has 0 fully saturated rings. The molecule has 30 heavy (non-hydrogen) atoms. The highest BCUT2D eigenvalue weighted by molar-refractivity contribution is 5.93. The Morgan fingerprint density at radius 3 is 2.93 bits per heavy atom. The van der Waals surface area contributed by atoms with Crippen LogP contribution < -0.4 is 5.32 Å². The number of hydrogen-bond acceptors (Lipinski definition) is 6. The number of fused-ring (bicyclic) bond motifs is 1. The first-order valence-corrected chi connectivity index (χ1v) is 9.86. The van der Waals surface area contributed by atoms with E-state index in [1.807, 2.05) is 49.9 Å². The number of aryl methyl sites for hydroxylation is 2. The Balaban J connectivity index is 1.38. The second-order valence-electron chi connectivity index (χ2n) is 7.54. The number of nitrogens with one attached hydrogen (secondary N) is 1. The summed E-state index contributed by atoms with van der Waals surface area (Å²) in [5, 5.41) is 12.5. The number of aromatic nitrogens is 3. The Hall–Kier alpha value is -3.50. The number of hydrogen-bond donors (Lipinski definition) is 1. The molecule has 0 aliphatic carbocycles. The number of carbonyl (C=O) groups is 1. The van der Waals surface area contributed by atoms with E-state index in [1.54, 1.807) is 6.20 Å². The van der Waals surface area contributed by atoms with Crippen molar-refractivity contribution in [1.29, 1.82) is 5.26 Å².